The summed E-state index contributed by atoms with van der Waals surface area (Å²) in [6.45, 7) is 2.78. The maximum Gasteiger partial charge on any atom is 0.417 e. The number of nitrogens with one attached hydrogen (secondary N) is 1. The third kappa shape index (κ3) is 4.65. The molecule has 1 aliphatic heterocycles. The van der Waals surface area contributed by atoms with Crippen molar-refractivity contribution in [3.05, 3.63) is 58.3 Å². The number of alkyl halides is 3. The zero-order valence-electron chi connectivity index (χ0n) is 19.4. The quantitative estimate of drug-likeness (QED) is 0.318. The molecular weight excluding hydrogens is 476 g/mol. The van der Waals surface area contributed by atoms with Crippen LogP contribution < -0.4 is 14.8 Å². The highest BCUT2D eigenvalue weighted by atomic mass is 19.4. The number of halogens is 4. The van der Waals surface area contributed by atoms with E-state index in [0.29, 0.717) is 0 Å². The van der Waals surface area contributed by atoms with Gasteiger partial charge in [-0.05, 0) is 19.9 Å². The van der Waals surface area contributed by atoms with Crippen molar-refractivity contribution in [3.63, 3.8) is 0 Å². The standard InChI is InChI=1S/C23H26F4N2O6/c1-11-15(24)6-5-14(19(11)34-4)18-12(2)22(3,23(25,26)27)35-20(18)21(32)28-13-7-8-29(33)16(9-13)17(31)10-30/h5-9,12,17-18,20,30-31H,10H2,1-4H3,(H,28,32)/t12-,17+,18-,20+,22+/m1/s1. The minimum atomic E-state index is -4.83. The van der Waals surface area contributed by atoms with Gasteiger partial charge in [0.05, 0.1) is 19.4 Å². The third-order valence-corrected chi connectivity index (χ3v) is 6.59. The Morgan fingerprint density at radius 1 is 1.37 bits per heavy atom. The molecule has 3 N–H and O–H groups in total. The third-order valence-electron chi connectivity index (χ3n) is 6.59. The average molecular weight is 502 g/mol. The lowest BCUT2D eigenvalue weighted by Crippen LogP contribution is -2.47. The Morgan fingerprint density at radius 2 is 2.03 bits per heavy atom. The van der Waals surface area contributed by atoms with Crippen LogP contribution in [0.25, 0.3) is 0 Å². The maximum atomic E-state index is 14.1. The number of rotatable bonds is 6. The van der Waals surface area contributed by atoms with Crippen LogP contribution in [0.15, 0.2) is 30.5 Å². The lowest BCUT2D eigenvalue weighted by Gasteiger charge is -2.32. The summed E-state index contributed by atoms with van der Waals surface area (Å²) in [6.07, 6.45) is -7.08. The smallest absolute Gasteiger partial charge is 0.417 e. The van der Waals surface area contributed by atoms with Gasteiger partial charge in [-0.15, -0.1) is 0 Å². The molecule has 0 aliphatic carbocycles. The molecule has 1 aromatic carbocycles. The predicted octanol–water partition coefficient (Wildman–Crippen LogP) is 2.88. The zero-order valence-corrected chi connectivity index (χ0v) is 19.4. The van der Waals surface area contributed by atoms with Gasteiger partial charge in [0, 0.05) is 35.1 Å². The Bertz CT molecular complexity index is 1110. The van der Waals surface area contributed by atoms with E-state index in [9.17, 15) is 32.7 Å². The number of pyridine rings is 1. The number of ether oxygens (including phenoxy) is 2. The molecule has 1 amide bonds. The van der Waals surface area contributed by atoms with E-state index < -0.39 is 54.2 Å². The number of carbonyl (C=O) groups is 1. The fraction of sp³-hybridized carbons (Fsp3) is 0.478. The van der Waals surface area contributed by atoms with Crippen LogP contribution in [-0.2, 0) is 9.53 Å². The number of hydrogen-bond acceptors (Lipinski definition) is 6. The lowest BCUT2D eigenvalue weighted by atomic mass is 9.76. The number of anilines is 1. The van der Waals surface area contributed by atoms with Crippen LogP contribution in [0.5, 0.6) is 5.75 Å². The van der Waals surface area contributed by atoms with Gasteiger partial charge in [0.25, 0.3) is 5.91 Å². The number of aliphatic hydroxyl groups is 2. The van der Waals surface area contributed by atoms with Crippen molar-refractivity contribution in [2.24, 2.45) is 5.92 Å². The molecule has 8 nitrogen and oxygen atoms in total. The van der Waals surface area contributed by atoms with Crippen molar-refractivity contribution in [1.29, 1.82) is 0 Å². The number of methoxy groups -OCH3 is 1. The number of aliphatic hydroxyl groups excluding tert-OH is 2. The number of hydrogen-bond donors (Lipinski definition) is 3. The maximum absolute atomic E-state index is 14.1. The predicted molar refractivity (Wildman–Crippen MR) is 115 cm³/mol. The Morgan fingerprint density at radius 3 is 2.60 bits per heavy atom. The molecular formula is C23H26F4N2O6. The van der Waals surface area contributed by atoms with E-state index in [4.69, 9.17) is 14.6 Å². The molecule has 1 fully saturated rings. The lowest BCUT2D eigenvalue weighted by molar-refractivity contribution is -0.618. The second-order valence-corrected chi connectivity index (χ2v) is 8.61. The highest BCUT2D eigenvalue weighted by Gasteiger charge is 2.65. The summed E-state index contributed by atoms with van der Waals surface area (Å²) < 4.78 is 67.3. The van der Waals surface area contributed by atoms with Crippen LogP contribution in [0.4, 0.5) is 23.2 Å². The number of nitrogens with zero attached hydrogens (tertiary/aromatic N) is 1. The van der Waals surface area contributed by atoms with Gasteiger partial charge in [0.1, 0.15) is 17.7 Å². The molecule has 5 atom stereocenters. The normalized spacial score (nSPS) is 25.4. The van der Waals surface area contributed by atoms with E-state index in [1.165, 1.54) is 33.1 Å². The Balaban J connectivity index is 2.06. The summed E-state index contributed by atoms with van der Waals surface area (Å²) >= 11 is 0. The fourth-order valence-electron chi connectivity index (χ4n) is 4.38. The first-order chi connectivity index (χ1) is 16.3. The minimum absolute atomic E-state index is 0.00939. The fourth-order valence-corrected chi connectivity index (χ4v) is 4.38. The first-order valence-corrected chi connectivity index (χ1v) is 10.7. The van der Waals surface area contributed by atoms with Gasteiger partial charge in [-0.2, -0.15) is 17.9 Å². The summed E-state index contributed by atoms with van der Waals surface area (Å²) in [7, 11) is 1.25. The molecule has 0 spiro atoms. The molecule has 35 heavy (non-hydrogen) atoms. The van der Waals surface area contributed by atoms with Gasteiger partial charge >= 0.3 is 6.18 Å². The summed E-state index contributed by atoms with van der Waals surface area (Å²) in [6, 6.07) is 4.62. The van der Waals surface area contributed by atoms with Gasteiger partial charge in [0.15, 0.2) is 17.9 Å². The van der Waals surface area contributed by atoms with Gasteiger partial charge in [-0.3, -0.25) is 4.79 Å². The van der Waals surface area contributed by atoms with E-state index in [-0.39, 0.29) is 33.0 Å². The Hall–Kier alpha value is -2.96. The zero-order chi connectivity index (χ0) is 26.3. The van der Waals surface area contributed by atoms with Crippen molar-refractivity contribution in [2.75, 3.05) is 19.0 Å². The number of aromatic nitrogens is 1. The molecule has 192 valence electrons. The molecule has 2 aromatic rings. The van der Waals surface area contributed by atoms with Crippen LogP contribution in [-0.4, -0.2) is 47.7 Å². The topological polar surface area (TPSA) is 115 Å². The van der Waals surface area contributed by atoms with E-state index in [0.717, 1.165) is 25.3 Å². The summed E-state index contributed by atoms with van der Waals surface area (Å²) in [5.74, 6) is -4.01. The van der Waals surface area contributed by atoms with Crippen LogP contribution in [0.1, 0.15) is 42.7 Å². The molecule has 1 saturated heterocycles. The SMILES string of the molecule is COc1c([C@@H]2[C@@H](C(=O)Nc3cc[n+]([O-])c([C@@H](O)CO)c3)O[C@](C)(C(F)(F)F)[C@@H]2C)ccc(F)c1C. The van der Waals surface area contributed by atoms with Gasteiger partial charge < -0.3 is 30.2 Å². The van der Waals surface area contributed by atoms with Crippen molar-refractivity contribution >= 4 is 11.6 Å². The second-order valence-electron chi connectivity index (χ2n) is 8.61. The van der Waals surface area contributed by atoms with E-state index in [2.05, 4.69) is 5.32 Å². The van der Waals surface area contributed by atoms with Crippen molar-refractivity contribution < 1.29 is 46.8 Å². The summed E-state index contributed by atoms with van der Waals surface area (Å²) in [5, 5.41) is 33.2. The summed E-state index contributed by atoms with van der Waals surface area (Å²) in [5.41, 5.74) is -2.75. The monoisotopic (exact) mass is 502 g/mol. The van der Waals surface area contributed by atoms with Gasteiger partial charge in [0.2, 0.25) is 5.69 Å². The first kappa shape index (κ1) is 26.6. The van der Waals surface area contributed by atoms with E-state index in [1.807, 2.05) is 0 Å². The van der Waals surface area contributed by atoms with Crippen LogP contribution in [0, 0.1) is 23.9 Å². The average Bonchev–Trinajstić information content (AvgIpc) is 3.08. The van der Waals surface area contributed by atoms with Gasteiger partial charge in [-0.1, -0.05) is 13.0 Å². The first-order valence-electron chi connectivity index (χ1n) is 10.7. The largest absolute Gasteiger partial charge is 0.618 e. The molecule has 0 radical (unpaired) electrons. The highest BCUT2D eigenvalue weighted by molar-refractivity contribution is 5.95. The van der Waals surface area contributed by atoms with E-state index >= 15 is 0 Å². The van der Waals surface area contributed by atoms with Crippen molar-refractivity contribution in [2.45, 2.75) is 50.7 Å². The molecule has 0 bridgehead atoms. The van der Waals surface area contributed by atoms with Crippen LogP contribution in [0.3, 0.4) is 0 Å². The molecule has 2 heterocycles. The minimum Gasteiger partial charge on any atom is -0.618 e. The van der Waals surface area contributed by atoms with Crippen LogP contribution in [0.2, 0.25) is 0 Å². The Kier molecular flexibility index (Phi) is 7.30. The van der Waals surface area contributed by atoms with Crippen molar-refractivity contribution in [1.82, 2.24) is 0 Å². The number of amides is 1. The molecule has 1 aromatic heterocycles. The molecule has 1 aliphatic rings. The van der Waals surface area contributed by atoms with Crippen LogP contribution >= 0.6 is 0 Å². The molecule has 12 heteroatoms. The van der Waals surface area contributed by atoms with Crippen molar-refractivity contribution in [3.8, 4) is 5.75 Å². The second kappa shape index (κ2) is 9.59. The van der Waals surface area contributed by atoms with E-state index in [1.54, 1.807) is 0 Å². The highest BCUT2D eigenvalue weighted by Crippen LogP contribution is 2.55. The van der Waals surface area contributed by atoms with Gasteiger partial charge in [-0.25, -0.2) is 4.39 Å². The number of benzene rings is 1. The molecule has 0 unspecified atom stereocenters. The Labute approximate surface area is 198 Å². The number of carbonyl (C=O) groups excluding carboxylic acids is 1. The molecule has 3 rings (SSSR count). The summed E-state index contributed by atoms with van der Waals surface area (Å²) in [4.78, 5) is 13.2. The molecule has 0 saturated carbocycles.